The molecule has 2 aliphatic heterocycles. The Bertz CT molecular complexity index is 1470. The summed E-state index contributed by atoms with van der Waals surface area (Å²) in [7, 11) is 0. The molecule has 35 heavy (non-hydrogen) atoms. The van der Waals surface area contributed by atoms with Crippen LogP contribution in [0.25, 0.3) is 23.1 Å². The first kappa shape index (κ1) is 21.0. The highest BCUT2D eigenvalue weighted by atomic mass is 32.1. The molecule has 176 valence electrons. The standard InChI is InChI=1S/C27H25N5O2S/c33-26-27(20-3-1-2-4-23(20)29-26)14-21(27)17-5-7-19-22(30-31-24(19)13-17)8-6-18-16-35-25(28-18)15-32-9-11-34-12-10-32/h1-8,13,16,21H,9-12,14-15H2,(H,29,33)(H,30,31)/t21-,27-/m0/s1. The van der Waals surface area contributed by atoms with Crippen molar-refractivity contribution in [1.29, 1.82) is 0 Å². The third-order valence-corrected chi connectivity index (χ3v) is 8.34. The van der Waals surface area contributed by atoms with Crippen LogP contribution in [0.1, 0.15) is 39.9 Å². The van der Waals surface area contributed by atoms with Gasteiger partial charge in [-0.05, 0) is 41.8 Å². The van der Waals surface area contributed by atoms with E-state index in [1.165, 1.54) is 5.56 Å². The molecule has 0 bridgehead atoms. The molecular weight excluding hydrogens is 458 g/mol. The molecule has 3 aliphatic rings. The smallest absolute Gasteiger partial charge is 0.235 e. The molecule has 2 aromatic carbocycles. The molecule has 1 spiro atoms. The number of hydrogen-bond acceptors (Lipinski definition) is 6. The van der Waals surface area contributed by atoms with Crippen LogP contribution in [0.4, 0.5) is 5.69 Å². The molecule has 1 saturated carbocycles. The van der Waals surface area contributed by atoms with Gasteiger partial charge in [-0.2, -0.15) is 5.10 Å². The highest BCUT2D eigenvalue weighted by molar-refractivity contribution is 7.09. The summed E-state index contributed by atoms with van der Waals surface area (Å²) in [6.45, 7) is 4.40. The number of nitrogens with zero attached hydrogens (tertiary/aromatic N) is 3. The minimum atomic E-state index is -0.420. The summed E-state index contributed by atoms with van der Waals surface area (Å²) in [5.41, 5.74) is 5.67. The third kappa shape index (κ3) is 3.52. The lowest BCUT2D eigenvalue weighted by atomic mass is 9.92. The number of morpholine rings is 1. The van der Waals surface area contributed by atoms with Crippen LogP contribution in [-0.2, 0) is 21.5 Å². The number of fused-ring (bicyclic) bond motifs is 3. The van der Waals surface area contributed by atoms with Crippen molar-refractivity contribution in [3.8, 4) is 0 Å². The van der Waals surface area contributed by atoms with Crippen molar-refractivity contribution in [3.05, 3.63) is 75.4 Å². The Balaban J connectivity index is 1.09. The number of H-pyrrole nitrogens is 1. The fourth-order valence-corrected chi connectivity index (χ4v) is 6.35. The number of aromatic amines is 1. The lowest BCUT2D eigenvalue weighted by molar-refractivity contribution is -0.118. The molecule has 4 heterocycles. The number of hydrogen-bond donors (Lipinski definition) is 2. The molecule has 2 N–H and O–H groups in total. The first-order chi connectivity index (χ1) is 17.2. The summed E-state index contributed by atoms with van der Waals surface area (Å²) < 4.78 is 5.43. The van der Waals surface area contributed by atoms with Crippen LogP contribution in [0.5, 0.6) is 0 Å². The molecule has 2 fully saturated rings. The fourth-order valence-electron chi connectivity index (χ4n) is 5.54. The van der Waals surface area contributed by atoms with Crippen LogP contribution >= 0.6 is 11.3 Å². The number of amides is 1. The van der Waals surface area contributed by atoms with Crippen LogP contribution in [-0.4, -0.2) is 52.3 Å². The molecule has 2 aromatic heterocycles. The van der Waals surface area contributed by atoms with Gasteiger partial charge in [0, 0.05) is 35.5 Å². The summed E-state index contributed by atoms with van der Waals surface area (Å²) in [5, 5.41) is 15.1. The van der Waals surface area contributed by atoms with Crippen molar-refractivity contribution >= 4 is 46.0 Å². The predicted molar refractivity (Wildman–Crippen MR) is 137 cm³/mol. The first-order valence-electron chi connectivity index (χ1n) is 12.0. The maximum absolute atomic E-state index is 12.8. The van der Waals surface area contributed by atoms with Gasteiger partial charge in [0.1, 0.15) is 5.01 Å². The van der Waals surface area contributed by atoms with Gasteiger partial charge in [0.2, 0.25) is 5.91 Å². The van der Waals surface area contributed by atoms with Crippen LogP contribution in [0.3, 0.4) is 0 Å². The van der Waals surface area contributed by atoms with E-state index in [0.29, 0.717) is 0 Å². The number of para-hydroxylation sites is 1. The number of nitrogens with one attached hydrogen (secondary N) is 2. The number of benzene rings is 2. The molecule has 1 amide bonds. The Hall–Kier alpha value is -3.33. The molecule has 1 saturated heterocycles. The van der Waals surface area contributed by atoms with Crippen LogP contribution in [0, 0.1) is 0 Å². The second-order valence-corrected chi connectivity index (χ2v) is 10.5. The zero-order chi connectivity index (χ0) is 23.4. The molecule has 7 nitrogen and oxygen atoms in total. The minimum Gasteiger partial charge on any atom is -0.379 e. The van der Waals surface area contributed by atoms with E-state index in [-0.39, 0.29) is 11.8 Å². The van der Waals surface area contributed by atoms with Gasteiger partial charge in [0.25, 0.3) is 0 Å². The Kier molecular flexibility index (Phi) is 4.87. The molecule has 1 aliphatic carbocycles. The largest absolute Gasteiger partial charge is 0.379 e. The summed E-state index contributed by atoms with van der Waals surface area (Å²) in [5.74, 6) is 0.311. The van der Waals surface area contributed by atoms with Gasteiger partial charge in [0.05, 0.1) is 42.1 Å². The Labute approximate surface area is 206 Å². The van der Waals surface area contributed by atoms with E-state index in [9.17, 15) is 4.79 Å². The average molecular weight is 484 g/mol. The van der Waals surface area contributed by atoms with E-state index in [4.69, 9.17) is 9.72 Å². The number of carbonyl (C=O) groups excluding carboxylic acids is 1. The van der Waals surface area contributed by atoms with Crippen LogP contribution in [0.15, 0.2) is 47.8 Å². The van der Waals surface area contributed by atoms with Crippen LogP contribution < -0.4 is 5.32 Å². The van der Waals surface area contributed by atoms with E-state index in [0.717, 1.165) is 77.8 Å². The predicted octanol–water partition coefficient (Wildman–Crippen LogP) is 4.40. The maximum Gasteiger partial charge on any atom is 0.235 e. The van der Waals surface area contributed by atoms with Crippen molar-refractivity contribution in [1.82, 2.24) is 20.1 Å². The van der Waals surface area contributed by atoms with E-state index < -0.39 is 5.41 Å². The fraction of sp³-hybridized carbons (Fsp3) is 0.296. The number of anilines is 1. The van der Waals surface area contributed by atoms with Crippen LogP contribution in [0.2, 0.25) is 0 Å². The topological polar surface area (TPSA) is 83.1 Å². The Morgan fingerprint density at radius 1 is 1.17 bits per heavy atom. The van der Waals surface area contributed by atoms with Gasteiger partial charge in [-0.15, -0.1) is 11.3 Å². The van der Waals surface area contributed by atoms with E-state index >= 15 is 0 Å². The summed E-state index contributed by atoms with van der Waals surface area (Å²) >= 11 is 1.69. The maximum atomic E-state index is 12.8. The summed E-state index contributed by atoms with van der Waals surface area (Å²) in [6.07, 6.45) is 4.89. The zero-order valence-electron chi connectivity index (χ0n) is 19.2. The van der Waals surface area contributed by atoms with Crippen molar-refractivity contribution in [2.45, 2.75) is 24.3 Å². The van der Waals surface area contributed by atoms with Gasteiger partial charge >= 0.3 is 0 Å². The Morgan fingerprint density at radius 2 is 2.06 bits per heavy atom. The monoisotopic (exact) mass is 483 g/mol. The number of rotatable bonds is 5. The first-order valence-corrected chi connectivity index (χ1v) is 12.9. The second-order valence-electron chi connectivity index (χ2n) is 9.53. The molecular formula is C27H25N5O2S. The summed E-state index contributed by atoms with van der Waals surface area (Å²) in [6, 6.07) is 14.5. The molecule has 2 atom stereocenters. The van der Waals surface area contributed by atoms with E-state index in [1.807, 2.05) is 30.4 Å². The van der Waals surface area contributed by atoms with Crippen molar-refractivity contribution in [3.63, 3.8) is 0 Å². The second kappa shape index (κ2) is 8.12. The highest BCUT2D eigenvalue weighted by Crippen LogP contribution is 2.64. The lowest BCUT2D eigenvalue weighted by Crippen LogP contribution is -2.35. The van der Waals surface area contributed by atoms with Crippen molar-refractivity contribution in [2.75, 3.05) is 31.6 Å². The van der Waals surface area contributed by atoms with Gasteiger partial charge < -0.3 is 10.1 Å². The normalized spacial score (nSPS) is 23.9. The number of aromatic nitrogens is 3. The van der Waals surface area contributed by atoms with Gasteiger partial charge in [-0.25, -0.2) is 4.98 Å². The van der Waals surface area contributed by atoms with Crippen molar-refractivity contribution < 1.29 is 9.53 Å². The van der Waals surface area contributed by atoms with Crippen molar-refractivity contribution in [2.24, 2.45) is 0 Å². The van der Waals surface area contributed by atoms with Gasteiger partial charge in [-0.1, -0.05) is 30.3 Å². The SMILES string of the molecule is O=C1Nc2ccccc2[C@]12C[C@H]2c1ccc2c(C=Cc3csc(CN4CCOCC4)n3)n[nH]c2c1. The quantitative estimate of drug-likeness (QED) is 0.440. The minimum absolute atomic E-state index is 0.119. The number of thiazole rings is 1. The molecule has 7 rings (SSSR count). The number of carbonyl (C=O) groups is 1. The van der Waals surface area contributed by atoms with E-state index in [1.54, 1.807) is 11.3 Å². The summed E-state index contributed by atoms with van der Waals surface area (Å²) in [4.78, 5) is 20.0. The number of ether oxygens (including phenoxy) is 1. The third-order valence-electron chi connectivity index (χ3n) is 7.48. The molecule has 0 unspecified atom stereocenters. The molecule has 4 aromatic rings. The molecule has 8 heteroatoms. The average Bonchev–Trinajstić information content (AvgIpc) is 3.12. The van der Waals surface area contributed by atoms with Gasteiger partial charge in [-0.3, -0.25) is 14.8 Å². The molecule has 0 radical (unpaired) electrons. The van der Waals surface area contributed by atoms with Gasteiger partial charge in [0.15, 0.2) is 0 Å². The zero-order valence-corrected chi connectivity index (χ0v) is 20.0. The highest BCUT2D eigenvalue weighted by Gasteiger charge is 2.65. The lowest BCUT2D eigenvalue weighted by Gasteiger charge is -2.25. The Morgan fingerprint density at radius 3 is 2.97 bits per heavy atom. The van der Waals surface area contributed by atoms with E-state index in [2.05, 4.69) is 50.1 Å².